The van der Waals surface area contributed by atoms with Crippen molar-refractivity contribution < 1.29 is 4.39 Å². The van der Waals surface area contributed by atoms with Gasteiger partial charge in [-0.2, -0.15) is 5.10 Å². The molecule has 0 aliphatic rings. The summed E-state index contributed by atoms with van der Waals surface area (Å²) in [6.07, 6.45) is 6.54. The number of benzene rings is 1. The summed E-state index contributed by atoms with van der Waals surface area (Å²) < 4.78 is 12.6. The third-order valence-corrected chi connectivity index (χ3v) is 2.22. The molecule has 1 aromatic carbocycles. The van der Waals surface area contributed by atoms with E-state index >= 15 is 0 Å². The molecule has 1 aromatic rings. The van der Waals surface area contributed by atoms with Gasteiger partial charge in [0, 0.05) is 0 Å². The van der Waals surface area contributed by atoms with Crippen LogP contribution >= 0.6 is 11.8 Å². The molecule has 0 spiro atoms. The summed E-state index contributed by atoms with van der Waals surface area (Å²) in [6, 6.07) is 5.89. The van der Waals surface area contributed by atoms with E-state index < -0.39 is 0 Å². The van der Waals surface area contributed by atoms with Crippen LogP contribution < -0.4 is 5.73 Å². The van der Waals surface area contributed by atoms with E-state index in [-0.39, 0.29) is 5.82 Å². The van der Waals surface area contributed by atoms with Gasteiger partial charge in [-0.1, -0.05) is 29.8 Å². The van der Waals surface area contributed by atoms with Gasteiger partial charge in [-0.25, -0.2) is 4.39 Å². The number of terminal acetylenes is 1. The molecule has 0 atom stereocenters. The lowest BCUT2D eigenvalue weighted by atomic mass is 10.2. The first kappa shape index (κ1) is 12.3. The molecular formula is C11H10FN3S. The van der Waals surface area contributed by atoms with E-state index in [0.717, 1.165) is 5.56 Å². The second-order valence-corrected chi connectivity index (χ2v) is 3.72. The number of hydrogen-bond acceptors (Lipinski definition) is 3. The smallest absolute Gasteiger partial charge is 0.181 e. The third-order valence-electron chi connectivity index (χ3n) is 1.54. The van der Waals surface area contributed by atoms with Gasteiger partial charge in [0.2, 0.25) is 0 Å². The molecule has 0 saturated carbocycles. The maximum atomic E-state index is 12.6. The summed E-state index contributed by atoms with van der Waals surface area (Å²) in [4.78, 5) is 0. The van der Waals surface area contributed by atoms with E-state index in [9.17, 15) is 4.39 Å². The van der Waals surface area contributed by atoms with Gasteiger partial charge in [-0.3, -0.25) is 0 Å². The second-order valence-electron chi connectivity index (χ2n) is 2.73. The van der Waals surface area contributed by atoms with Crippen LogP contribution in [0.25, 0.3) is 0 Å². The molecule has 0 aliphatic heterocycles. The molecule has 1 rings (SSSR count). The number of nitrogens with zero attached hydrogens (tertiary/aromatic N) is 2. The van der Waals surface area contributed by atoms with Crippen molar-refractivity contribution in [3.63, 3.8) is 0 Å². The summed E-state index contributed by atoms with van der Waals surface area (Å²) in [7, 11) is 0. The fraction of sp³-hybridized carbons (Fsp3) is 0.0909. The minimum Gasteiger partial charge on any atom is -0.377 e. The van der Waals surface area contributed by atoms with Crippen LogP contribution in [-0.4, -0.2) is 17.1 Å². The number of rotatable bonds is 3. The molecule has 0 aliphatic carbocycles. The molecular weight excluding hydrogens is 225 g/mol. The molecule has 16 heavy (non-hydrogen) atoms. The first-order chi connectivity index (χ1) is 7.72. The van der Waals surface area contributed by atoms with E-state index in [1.54, 1.807) is 12.1 Å². The molecule has 0 unspecified atom stereocenters. The maximum Gasteiger partial charge on any atom is 0.181 e. The fourth-order valence-electron chi connectivity index (χ4n) is 0.846. The Hall–Kier alpha value is -1.80. The number of hydrogen-bond donors (Lipinski definition) is 1. The standard InChI is InChI=1S/C11H10FN3S/c1-2-7-16-11(13)15-14-8-9-3-5-10(12)6-4-9/h1,3-6,8H,7H2,(H2,13,15). The highest BCUT2D eigenvalue weighted by Gasteiger charge is 1.91. The highest BCUT2D eigenvalue weighted by molar-refractivity contribution is 8.13. The van der Waals surface area contributed by atoms with Crippen molar-refractivity contribution in [1.82, 2.24) is 0 Å². The van der Waals surface area contributed by atoms with Crippen LogP contribution in [0.3, 0.4) is 0 Å². The lowest BCUT2D eigenvalue weighted by molar-refractivity contribution is 0.628. The summed E-state index contributed by atoms with van der Waals surface area (Å²) in [5, 5.41) is 7.77. The monoisotopic (exact) mass is 235 g/mol. The quantitative estimate of drug-likeness (QED) is 0.376. The fourth-order valence-corrected chi connectivity index (χ4v) is 1.18. The van der Waals surface area contributed by atoms with Crippen LogP contribution in [0, 0.1) is 18.2 Å². The summed E-state index contributed by atoms with van der Waals surface area (Å²) in [5.74, 6) is 2.59. The molecule has 0 aromatic heterocycles. The zero-order chi connectivity index (χ0) is 11.8. The van der Waals surface area contributed by atoms with Crippen molar-refractivity contribution in [2.24, 2.45) is 15.9 Å². The first-order valence-corrected chi connectivity index (χ1v) is 5.39. The Bertz CT molecular complexity index is 432. The van der Waals surface area contributed by atoms with Gasteiger partial charge < -0.3 is 5.73 Å². The summed E-state index contributed by atoms with van der Waals surface area (Å²) >= 11 is 1.23. The zero-order valence-electron chi connectivity index (χ0n) is 8.43. The van der Waals surface area contributed by atoms with E-state index in [1.807, 2.05) is 0 Å². The molecule has 82 valence electrons. The molecule has 0 fully saturated rings. The second kappa shape index (κ2) is 6.64. The van der Waals surface area contributed by atoms with E-state index in [2.05, 4.69) is 16.1 Å². The highest BCUT2D eigenvalue weighted by Crippen LogP contribution is 2.01. The molecule has 0 saturated heterocycles. The van der Waals surface area contributed by atoms with Crippen molar-refractivity contribution in [2.45, 2.75) is 0 Å². The number of thioether (sulfide) groups is 1. The van der Waals surface area contributed by atoms with Crippen molar-refractivity contribution in [1.29, 1.82) is 0 Å². The zero-order valence-corrected chi connectivity index (χ0v) is 9.25. The van der Waals surface area contributed by atoms with Gasteiger partial charge in [0.15, 0.2) is 5.17 Å². The van der Waals surface area contributed by atoms with Crippen molar-refractivity contribution in [3.8, 4) is 12.3 Å². The van der Waals surface area contributed by atoms with E-state index in [4.69, 9.17) is 12.2 Å². The Labute approximate surface area is 97.6 Å². The lowest BCUT2D eigenvalue weighted by Gasteiger charge is -1.92. The predicted octanol–water partition coefficient (Wildman–Crippen LogP) is 1.84. The summed E-state index contributed by atoms with van der Waals surface area (Å²) in [6.45, 7) is 0. The molecule has 0 bridgehead atoms. The Balaban J connectivity index is 2.54. The van der Waals surface area contributed by atoms with Crippen molar-refractivity contribution in [2.75, 3.05) is 5.75 Å². The van der Waals surface area contributed by atoms with Crippen LogP contribution in [0.5, 0.6) is 0 Å². The predicted molar refractivity (Wildman–Crippen MR) is 66.9 cm³/mol. The Kier molecular flexibility index (Phi) is 5.09. The molecule has 0 radical (unpaired) electrons. The van der Waals surface area contributed by atoms with Crippen LogP contribution in [0.4, 0.5) is 4.39 Å². The van der Waals surface area contributed by atoms with Crippen LogP contribution in [0.15, 0.2) is 34.5 Å². The molecule has 5 heteroatoms. The first-order valence-electron chi connectivity index (χ1n) is 4.40. The number of amidine groups is 1. The van der Waals surface area contributed by atoms with E-state index in [1.165, 1.54) is 30.1 Å². The van der Waals surface area contributed by atoms with Crippen molar-refractivity contribution in [3.05, 3.63) is 35.6 Å². The van der Waals surface area contributed by atoms with Crippen molar-refractivity contribution >= 4 is 23.1 Å². The Morgan fingerprint density at radius 1 is 1.50 bits per heavy atom. The van der Waals surface area contributed by atoms with Gasteiger partial charge in [0.25, 0.3) is 0 Å². The summed E-state index contributed by atoms with van der Waals surface area (Å²) in [5.41, 5.74) is 6.24. The molecule has 0 heterocycles. The number of halogens is 1. The van der Waals surface area contributed by atoms with Crippen LogP contribution in [0.2, 0.25) is 0 Å². The Morgan fingerprint density at radius 2 is 2.19 bits per heavy atom. The normalized spacial score (nSPS) is 11.6. The lowest BCUT2D eigenvalue weighted by Crippen LogP contribution is -2.05. The Morgan fingerprint density at radius 3 is 2.81 bits per heavy atom. The topological polar surface area (TPSA) is 50.7 Å². The molecule has 3 nitrogen and oxygen atoms in total. The van der Waals surface area contributed by atoms with E-state index in [0.29, 0.717) is 10.9 Å². The van der Waals surface area contributed by atoms with Crippen LogP contribution in [-0.2, 0) is 0 Å². The maximum absolute atomic E-state index is 12.6. The molecule has 2 N–H and O–H groups in total. The average molecular weight is 235 g/mol. The van der Waals surface area contributed by atoms with Gasteiger partial charge in [0.05, 0.1) is 12.0 Å². The number of nitrogens with two attached hydrogens (primary N) is 1. The highest BCUT2D eigenvalue weighted by atomic mass is 32.2. The average Bonchev–Trinajstić information content (AvgIpc) is 2.29. The third kappa shape index (κ3) is 4.62. The molecule has 0 amide bonds. The van der Waals surface area contributed by atoms with Crippen LogP contribution in [0.1, 0.15) is 5.56 Å². The largest absolute Gasteiger partial charge is 0.377 e. The van der Waals surface area contributed by atoms with Gasteiger partial charge in [0.1, 0.15) is 5.82 Å². The SMILES string of the molecule is C#CCS/C(N)=N/N=Cc1ccc(F)cc1. The van der Waals surface area contributed by atoms with Gasteiger partial charge >= 0.3 is 0 Å². The van der Waals surface area contributed by atoms with Gasteiger partial charge in [-0.15, -0.1) is 11.5 Å². The minimum absolute atomic E-state index is 0.287. The minimum atomic E-state index is -0.287. The van der Waals surface area contributed by atoms with Gasteiger partial charge in [-0.05, 0) is 17.7 Å².